The number of carbonyl (C=O) groups is 2. The molecule has 1 saturated heterocycles. The highest BCUT2D eigenvalue weighted by Gasteiger charge is 2.30. The number of hydrogen-bond donors (Lipinski definition) is 0. The molecule has 2 aromatic carbocycles. The number of methoxy groups -OCH3 is 1. The average Bonchev–Trinajstić information content (AvgIpc) is 2.90. The molecule has 0 radical (unpaired) electrons. The number of likely N-dealkylation sites (N-methyl/N-ethyl adjacent to an activating group) is 1. The summed E-state index contributed by atoms with van der Waals surface area (Å²) < 4.78 is 4.67. The summed E-state index contributed by atoms with van der Waals surface area (Å²) >= 11 is 1.33. The Labute approximate surface area is 150 Å². The van der Waals surface area contributed by atoms with Crippen LogP contribution < -0.4 is 0 Å². The first kappa shape index (κ1) is 17.0. The average molecular weight is 352 g/mol. The zero-order valence-electron chi connectivity index (χ0n) is 13.8. The molecule has 2 aromatic rings. The molecule has 126 valence electrons. The summed E-state index contributed by atoms with van der Waals surface area (Å²) in [5.41, 5.74) is 2.09. The predicted molar refractivity (Wildman–Crippen MR) is 99.7 cm³/mol. The lowest BCUT2D eigenvalue weighted by molar-refractivity contribution is -0.121. The van der Waals surface area contributed by atoms with Crippen molar-refractivity contribution < 1.29 is 14.3 Å². The third-order valence-corrected chi connectivity index (χ3v) is 4.67. The maximum atomic E-state index is 12.4. The van der Waals surface area contributed by atoms with Gasteiger partial charge in [0, 0.05) is 7.05 Å². The van der Waals surface area contributed by atoms with Gasteiger partial charge in [0.25, 0.3) is 5.91 Å². The van der Waals surface area contributed by atoms with Crippen LogP contribution in [0.2, 0.25) is 0 Å². The Bertz CT molecular complexity index is 858. The second-order valence-electron chi connectivity index (χ2n) is 5.32. The van der Waals surface area contributed by atoms with Gasteiger partial charge in [-0.05, 0) is 47.7 Å². The fraction of sp³-hybridized carbons (Fsp3) is 0.105. The van der Waals surface area contributed by atoms with Gasteiger partial charge in [-0.2, -0.15) is 0 Å². The quantitative estimate of drug-likeness (QED) is 0.624. The largest absolute Gasteiger partial charge is 0.465 e. The molecule has 0 spiro atoms. The number of thioether (sulfide) groups is 1. The van der Waals surface area contributed by atoms with Crippen LogP contribution in [0, 0.1) is 0 Å². The van der Waals surface area contributed by atoms with Crippen molar-refractivity contribution in [2.45, 2.75) is 0 Å². The van der Waals surface area contributed by atoms with E-state index in [9.17, 15) is 9.59 Å². The van der Waals surface area contributed by atoms with Crippen LogP contribution in [0.4, 0.5) is 5.69 Å². The van der Waals surface area contributed by atoms with Crippen molar-refractivity contribution in [1.82, 2.24) is 4.90 Å². The van der Waals surface area contributed by atoms with Crippen molar-refractivity contribution in [3.8, 4) is 0 Å². The Kier molecular flexibility index (Phi) is 5.00. The normalized spacial score (nSPS) is 17.4. The molecule has 1 aliphatic rings. The van der Waals surface area contributed by atoms with Crippen LogP contribution >= 0.6 is 11.8 Å². The van der Waals surface area contributed by atoms with Crippen LogP contribution in [0.25, 0.3) is 6.08 Å². The van der Waals surface area contributed by atoms with E-state index in [0.717, 1.165) is 5.56 Å². The molecule has 1 fully saturated rings. The van der Waals surface area contributed by atoms with Crippen molar-refractivity contribution in [3.63, 3.8) is 0 Å². The Morgan fingerprint density at radius 3 is 2.44 bits per heavy atom. The van der Waals surface area contributed by atoms with Crippen molar-refractivity contribution in [3.05, 3.63) is 70.6 Å². The van der Waals surface area contributed by atoms with Gasteiger partial charge in [-0.25, -0.2) is 9.79 Å². The Morgan fingerprint density at radius 1 is 1.12 bits per heavy atom. The molecule has 0 bridgehead atoms. The number of aliphatic imine (C=N–C) groups is 1. The van der Waals surface area contributed by atoms with Crippen LogP contribution in [0.3, 0.4) is 0 Å². The van der Waals surface area contributed by atoms with E-state index in [-0.39, 0.29) is 5.91 Å². The number of hydrogen-bond acceptors (Lipinski definition) is 5. The van der Waals surface area contributed by atoms with E-state index in [1.807, 2.05) is 36.4 Å². The van der Waals surface area contributed by atoms with Crippen LogP contribution in [0.5, 0.6) is 0 Å². The molecule has 0 unspecified atom stereocenters. The molecule has 0 saturated carbocycles. The second kappa shape index (κ2) is 7.36. The molecule has 5 nitrogen and oxygen atoms in total. The van der Waals surface area contributed by atoms with Crippen molar-refractivity contribution in [2.75, 3.05) is 14.2 Å². The Morgan fingerprint density at radius 2 is 1.80 bits per heavy atom. The topological polar surface area (TPSA) is 59.0 Å². The van der Waals surface area contributed by atoms with Crippen LogP contribution in [0.1, 0.15) is 15.9 Å². The third-order valence-electron chi connectivity index (χ3n) is 3.61. The first-order valence-electron chi connectivity index (χ1n) is 7.58. The molecule has 0 aromatic heterocycles. The van der Waals surface area contributed by atoms with Crippen LogP contribution in [-0.4, -0.2) is 36.1 Å². The SMILES string of the molecule is COC(=O)c1ccc(N=C2S/C(=C/c3ccccc3)C(=O)N2C)cc1. The van der Waals surface area contributed by atoms with E-state index in [0.29, 0.717) is 21.3 Å². The minimum absolute atomic E-state index is 0.0845. The van der Waals surface area contributed by atoms with Gasteiger partial charge in [-0.3, -0.25) is 9.69 Å². The lowest BCUT2D eigenvalue weighted by Crippen LogP contribution is -2.23. The summed E-state index contributed by atoms with van der Waals surface area (Å²) in [5.74, 6) is -0.478. The number of amides is 1. The van der Waals surface area contributed by atoms with E-state index < -0.39 is 5.97 Å². The summed E-state index contributed by atoms with van der Waals surface area (Å²) in [4.78, 5) is 30.5. The standard InChI is InChI=1S/C19H16N2O3S/c1-21-17(22)16(12-13-6-4-3-5-7-13)25-19(21)20-15-10-8-14(9-11-15)18(23)24-2/h3-12H,1-2H3/b16-12+,20-19?. The highest BCUT2D eigenvalue weighted by molar-refractivity contribution is 8.18. The molecule has 0 atom stereocenters. The van der Waals surface area contributed by atoms with Gasteiger partial charge >= 0.3 is 5.97 Å². The molecule has 1 aliphatic heterocycles. The van der Waals surface area contributed by atoms with Crippen LogP contribution in [0.15, 0.2) is 64.5 Å². The van der Waals surface area contributed by atoms with Gasteiger partial charge in [-0.15, -0.1) is 0 Å². The number of nitrogens with zero attached hydrogens (tertiary/aromatic N) is 2. The molecular weight excluding hydrogens is 336 g/mol. The molecule has 0 N–H and O–H groups in total. The maximum Gasteiger partial charge on any atom is 0.337 e. The monoisotopic (exact) mass is 352 g/mol. The van der Waals surface area contributed by atoms with E-state index in [4.69, 9.17) is 0 Å². The van der Waals surface area contributed by atoms with E-state index in [1.54, 1.807) is 31.3 Å². The second-order valence-corrected chi connectivity index (χ2v) is 6.33. The third kappa shape index (κ3) is 3.80. The minimum atomic E-state index is -0.394. The highest BCUT2D eigenvalue weighted by Crippen LogP contribution is 2.33. The Hall–Kier alpha value is -2.86. The molecule has 1 heterocycles. The summed E-state index contributed by atoms with van der Waals surface area (Å²) in [5, 5.41) is 0.595. The highest BCUT2D eigenvalue weighted by atomic mass is 32.2. The molecule has 0 aliphatic carbocycles. The predicted octanol–water partition coefficient (Wildman–Crippen LogP) is 3.71. The van der Waals surface area contributed by atoms with Gasteiger partial charge in [0.05, 0.1) is 23.3 Å². The van der Waals surface area contributed by atoms with E-state index >= 15 is 0 Å². The molecule has 3 rings (SSSR count). The van der Waals surface area contributed by atoms with E-state index in [2.05, 4.69) is 9.73 Å². The van der Waals surface area contributed by atoms with Crippen molar-refractivity contribution in [2.24, 2.45) is 4.99 Å². The van der Waals surface area contributed by atoms with E-state index in [1.165, 1.54) is 23.8 Å². The number of carbonyl (C=O) groups excluding carboxylic acids is 2. The van der Waals surface area contributed by atoms with Gasteiger partial charge in [0.2, 0.25) is 0 Å². The van der Waals surface area contributed by atoms with Crippen molar-refractivity contribution in [1.29, 1.82) is 0 Å². The van der Waals surface area contributed by atoms with Gasteiger partial charge in [0.15, 0.2) is 5.17 Å². The summed E-state index contributed by atoms with van der Waals surface area (Å²) in [6.07, 6.45) is 1.85. The molecular formula is C19H16N2O3S. The summed E-state index contributed by atoms with van der Waals surface area (Å²) in [6, 6.07) is 16.4. The van der Waals surface area contributed by atoms with Gasteiger partial charge in [0.1, 0.15) is 0 Å². The number of rotatable bonds is 3. The number of ether oxygens (including phenoxy) is 1. The lowest BCUT2D eigenvalue weighted by Gasteiger charge is -2.07. The Balaban J connectivity index is 1.83. The number of amidine groups is 1. The summed E-state index contributed by atoms with van der Waals surface area (Å²) in [7, 11) is 3.04. The fourth-order valence-electron chi connectivity index (χ4n) is 2.25. The smallest absolute Gasteiger partial charge is 0.337 e. The zero-order valence-corrected chi connectivity index (χ0v) is 14.6. The zero-order chi connectivity index (χ0) is 17.8. The van der Waals surface area contributed by atoms with Gasteiger partial charge in [-0.1, -0.05) is 30.3 Å². The first-order valence-corrected chi connectivity index (χ1v) is 8.40. The molecule has 6 heteroatoms. The maximum absolute atomic E-state index is 12.4. The number of benzene rings is 2. The van der Waals surface area contributed by atoms with Gasteiger partial charge < -0.3 is 4.74 Å². The lowest BCUT2D eigenvalue weighted by atomic mass is 10.2. The van der Waals surface area contributed by atoms with Crippen molar-refractivity contribution >= 4 is 40.6 Å². The van der Waals surface area contributed by atoms with Crippen LogP contribution in [-0.2, 0) is 9.53 Å². The minimum Gasteiger partial charge on any atom is -0.465 e. The first-order chi connectivity index (χ1) is 12.1. The number of esters is 1. The summed E-state index contributed by atoms with van der Waals surface area (Å²) in [6.45, 7) is 0. The molecule has 25 heavy (non-hydrogen) atoms. The molecule has 1 amide bonds. The fourth-order valence-corrected chi connectivity index (χ4v) is 3.24.